The Bertz CT molecular complexity index is 976. The summed E-state index contributed by atoms with van der Waals surface area (Å²) in [5.74, 6) is -3.69. The molecule has 1 aliphatic heterocycles. The van der Waals surface area contributed by atoms with Crippen molar-refractivity contribution in [3.63, 3.8) is 0 Å². The fourth-order valence-electron chi connectivity index (χ4n) is 3.97. The number of carbonyl (C=O) groups is 2. The zero-order valence-electron chi connectivity index (χ0n) is 15.6. The summed E-state index contributed by atoms with van der Waals surface area (Å²) in [6.07, 6.45) is -1.15. The van der Waals surface area contributed by atoms with Gasteiger partial charge >= 0.3 is 0 Å². The predicted molar refractivity (Wildman–Crippen MR) is 95.8 cm³/mol. The number of hydrogen-bond acceptors (Lipinski definition) is 3. The van der Waals surface area contributed by atoms with Gasteiger partial charge < -0.3 is 15.2 Å². The van der Waals surface area contributed by atoms with Crippen molar-refractivity contribution in [2.45, 2.75) is 44.6 Å². The first-order valence-electron chi connectivity index (χ1n) is 9.40. The van der Waals surface area contributed by atoms with E-state index in [0.717, 1.165) is 0 Å². The Balaban J connectivity index is 1.45. The Hall–Kier alpha value is -2.65. The molecule has 1 aliphatic carbocycles. The lowest BCUT2D eigenvalue weighted by atomic mass is 10.1. The van der Waals surface area contributed by atoms with Crippen molar-refractivity contribution in [1.29, 1.82) is 0 Å². The molecule has 10 heteroatoms. The molecule has 1 saturated carbocycles. The van der Waals surface area contributed by atoms with Gasteiger partial charge in [-0.1, -0.05) is 6.92 Å². The number of hydrogen-bond donors (Lipinski definition) is 2. The van der Waals surface area contributed by atoms with Gasteiger partial charge in [0.05, 0.1) is 17.1 Å². The molecule has 156 valence electrons. The van der Waals surface area contributed by atoms with Crippen LogP contribution in [0, 0.1) is 5.41 Å². The van der Waals surface area contributed by atoms with Crippen LogP contribution < -0.4 is 5.32 Å². The smallest absolute Gasteiger partial charge is 0.280 e. The monoisotopic (exact) mass is 412 g/mol. The third-order valence-electron chi connectivity index (χ3n) is 5.88. The molecule has 2 N–H and O–H groups in total. The number of alkyl halides is 4. The number of amides is 2. The van der Waals surface area contributed by atoms with Crippen molar-refractivity contribution in [3.05, 3.63) is 29.7 Å². The van der Waals surface area contributed by atoms with E-state index in [1.165, 1.54) is 23.2 Å². The first kappa shape index (κ1) is 19.7. The zero-order chi connectivity index (χ0) is 21.0. The first-order chi connectivity index (χ1) is 13.7. The van der Waals surface area contributed by atoms with Gasteiger partial charge in [0, 0.05) is 24.9 Å². The molecule has 4 rings (SSSR count). The van der Waals surface area contributed by atoms with E-state index in [9.17, 15) is 27.2 Å². The van der Waals surface area contributed by atoms with Crippen LogP contribution in [-0.2, 0) is 4.79 Å². The van der Waals surface area contributed by atoms with Crippen LogP contribution in [0.2, 0.25) is 0 Å². The van der Waals surface area contributed by atoms with Gasteiger partial charge in [0.1, 0.15) is 17.4 Å². The maximum atomic E-state index is 13.6. The molecule has 2 aliphatic rings. The average Bonchev–Trinajstić information content (AvgIpc) is 3.05. The number of pyridine rings is 1. The number of halogens is 4. The highest BCUT2D eigenvalue weighted by Gasteiger charge is 2.73. The molecule has 0 bridgehead atoms. The van der Waals surface area contributed by atoms with Crippen LogP contribution in [0.25, 0.3) is 10.9 Å². The van der Waals surface area contributed by atoms with E-state index in [2.05, 4.69) is 15.3 Å². The molecule has 2 fully saturated rings. The first-order valence-corrected chi connectivity index (χ1v) is 9.40. The molecule has 2 aromatic rings. The van der Waals surface area contributed by atoms with E-state index in [0.29, 0.717) is 17.3 Å². The van der Waals surface area contributed by atoms with Gasteiger partial charge in [-0.15, -0.1) is 0 Å². The second-order valence-corrected chi connectivity index (χ2v) is 7.79. The van der Waals surface area contributed by atoms with Crippen molar-refractivity contribution in [1.82, 2.24) is 20.2 Å². The second kappa shape index (κ2) is 6.70. The Morgan fingerprint density at radius 3 is 2.66 bits per heavy atom. The molecular weight excluding hydrogens is 392 g/mol. The minimum atomic E-state index is -2.73. The molecule has 2 atom stereocenters. The topological polar surface area (TPSA) is 78.1 Å². The Morgan fingerprint density at radius 1 is 1.34 bits per heavy atom. The summed E-state index contributed by atoms with van der Waals surface area (Å²) < 4.78 is 52.7. The lowest BCUT2D eigenvalue weighted by Gasteiger charge is -2.23. The van der Waals surface area contributed by atoms with Crippen LogP contribution in [0.15, 0.2) is 18.3 Å². The number of rotatable bonds is 5. The third kappa shape index (κ3) is 3.34. The molecule has 29 heavy (non-hydrogen) atoms. The van der Waals surface area contributed by atoms with E-state index >= 15 is 0 Å². The number of aromatic amines is 1. The molecule has 3 heterocycles. The molecule has 2 aromatic heterocycles. The number of likely N-dealkylation sites (tertiary alicyclic amines) is 1. The summed E-state index contributed by atoms with van der Waals surface area (Å²) in [4.78, 5) is 33.1. The Kier molecular flexibility index (Phi) is 4.54. The standard InChI is InChI=1S/C19H20F4N4O2/c1-2-11(17(29)27-4-3-18(9-27)8-19(18,22)23)26-16(28)13-6-10-5-12(15(20)21)24-7-14(10)25-13/h5-7,11,15,25H,2-4,8-9H2,1H3,(H,26,28)/t11-,18-/m1/s1. The van der Waals surface area contributed by atoms with Crippen molar-refractivity contribution in [2.75, 3.05) is 13.1 Å². The second-order valence-electron chi connectivity index (χ2n) is 7.79. The van der Waals surface area contributed by atoms with E-state index in [1.54, 1.807) is 6.92 Å². The van der Waals surface area contributed by atoms with Gasteiger partial charge in [-0.05, 0) is 25.0 Å². The van der Waals surface area contributed by atoms with Crippen LogP contribution in [0.1, 0.15) is 48.8 Å². The maximum absolute atomic E-state index is 13.6. The van der Waals surface area contributed by atoms with Gasteiger partial charge in [-0.2, -0.15) is 0 Å². The summed E-state index contributed by atoms with van der Waals surface area (Å²) in [6.45, 7) is 1.96. The molecule has 2 amide bonds. The molecule has 0 unspecified atom stereocenters. The van der Waals surface area contributed by atoms with Crippen molar-refractivity contribution in [2.24, 2.45) is 5.41 Å². The van der Waals surface area contributed by atoms with Crippen LogP contribution in [-0.4, -0.2) is 51.7 Å². The molecular formula is C19H20F4N4O2. The number of fused-ring (bicyclic) bond motifs is 1. The summed E-state index contributed by atoms with van der Waals surface area (Å²) >= 11 is 0. The maximum Gasteiger partial charge on any atom is 0.280 e. The quantitative estimate of drug-likeness (QED) is 0.740. The molecule has 0 aromatic carbocycles. The number of carbonyl (C=O) groups excluding carboxylic acids is 2. The van der Waals surface area contributed by atoms with Gasteiger partial charge in [0.2, 0.25) is 5.91 Å². The zero-order valence-corrected chi connectivity index (χ0v) is 15.6. The van der Waals surface area contributed by atoms with E-state index in [-0.39, 0.29) is 31.6 Å². The van der Waals surface area contributed by atoms with Crippen molar-refractivity contribution >= 4 is 22.7 Å². The molecule has 6 nitrogen and oxygen atoms in total. The van der Waals surface area contributed by atoms with E-state index in [1.807, 2.05) is 0 Å². The molecule has 1 spiro atoms. The SMILES string of the molecule is CC[C@@H](NC(=O)c1cc2cc(C(F)F)ncc2[nH]1)C(=O)N1CC[C@]2(C1)CC2(F)F. The molecule has 1 saturated heterocycles. The Labute approximate surface area is 163 Å². The van der Waals surface area contributed by atoms with Crippen LogP contribution >= 0.6 is 0 Å². The number of nitrogens with one attached hydrogen (secondary N) is 2. The van der Waals surface area contributed by atoms with Crippen LogP contribution in [0.4, 0.5) is 17.6 Å². The largest absolute Gasteiger partial charge is 0.349 e. The minimum Gasteiger partial charge on any atom is -0.349 e. The predicted octanol–water partition coefficient (Wildman–Crippen LogP) is 3.27. The summed E-state index contributed by atoms with van der Waals surface area (Å²) in [7, 11) is 0. The lowest BCUT2D eigenvalue weighted by Crippen LogP contribution is -2.47. The fraction of sp³-hybridized carbons (Fsp3) is 0.526. The average molecular weight is 412 g/mol. The van der Waals surface area contributed by atoms with E-state index in [4.69, 9.17) is 0 Å². The summed E-state index contributed by atoms with van der Waals surface area (Å²) in [6, 6.07) is 1.74. The summed E-state index contributed by atoms with van der Waals surface area (Å²) in [5.41, 5.74) is -0.982. The highest BCUT2D eigenvalue weighted by atomic mass is 19.3. The number of H-pyrrole nitrogens is 1. The van der Waals surface area contributed by atoms with E-state index < -0.39 is 41.3 Å². The van der Waals surface area contributed by atoms with Crippen molar-refractivity contribution in [3.8, 4) is 0 Å². The van der Waals surface area contributed by atoms with Crippen LogP contribution in [0.5, 0.6) is 0 Å². The van der Waals surface area contributed by atoms with Gasteiger partial charge in [0.15, 0.2) is 0 Å². The highest BCUT2D eigenvalue weighted by Crippen LogP contribution is 2.65. The van der Waals surface area contributed by atoms with Gasteiger partial charge in [-0.25, -0.2) is 17.6 Å². The Morgan fingerprint density at radius 2 is 2.07 bits per heavy atom. The summed E-state index contributed by atoms with van der Waals surface area (Å²) in [5, 5.41) is 3.01. The number of aromatic nitrogens is 2. The van der Waals surface area contributed by atoms with Crippen LogP contribution in [0.3, 0.4) is 0 Å². The highest BCUT2D eigenvalue weighted by molar-refractivity contribution is 6.00. The van der Waals surface area contributed by atoms with Gasteiger partial charge in [-0.3, -0.25) is 14.6 Å². The third-order valence-corrected chi connectivity index (χ3v) is 5.88. The number of nitrogens with zero attached hydrogens (tertiary/aromatic N) is 2. The minimum absolute atomic E-state index is 0.000331. The lowest BCUT2D eigenvalue weighted by molar-refractivity contribution is -0.132. The fourth-order valence-corrected chi connectivity index (χ4v) is 3.97. The van der Waals surface area contributed by atoms with Crippen molar-refractivity contribution < 1.29 is 27.2 Å². The van der Waals surface area contributed by atoms with Gasteiger partial charge in [0.25, 0.3) is 18.3 Å². The normalized spacial score (nSPS) is 23.7. The molecule has 0 radical (unpaired) electrons.